The van der Waals surface area contributed by atoms with Crippen LogP contribution < -0.4 is 5.32 Å². The van der Waals surface area contributed by atoms with Gasteiger partial charge in [0.15, 0.2) is 0 Å². The van der Waals surface area contributed by atoms with Crippen LogP contribution in [0.25, 0.3) is 0 Å². The van der Waals surface area contributed by atoms with Crippen LogP contribution in [-0.4, -0.2) is 4.98 Å². The Hall–Kier alpha value is -1.86. The number of pyridine rings is 1. The van der Waals surface area contributed by atoms with Crippen molar-refractivity contribution in [3.8, 4) is 6.07 Å². The third-order valence-corrected chi connectivity index (χ3v) is 2.69. The summed E-state index contributed by atoms with van der Waals surface area (Å²) in [5.74, 6) is 0.807. The molecule has 1 aromatic carbocycles. The second kappa shape index (κ2) is 5.46. The first-order valence-corrected chi connectivity index (χ1v) is 5.93. The van der Waals surface area contributed by atoms with E-state index in [9.17, 15) is 0 Å². The number of nitrogens with one attached hydrogen (secondary N) is 1. The number of aromatic nitrogens is 1. The zero-order valence-corrected chi connectivity index (χ0v) is 10.6. The van der Waals surface area contributed by atoms with Crippen LogP contribution in [0.3, 0.4) is 0 Å². The van der Waals surface area contributed by atoms with Crippen molar-refractivity contribution in [2.75, 3.05) is 5.32 Å². The molecule has 0 saturated carbocycles. The van der Waals surface area contributed by atoms with Gasteiger partial charge < -0.3 is 5.32 Å². The minimum Gasteiger partial charge on any atom is -0.366 e. The molecule has 1 aromatic heterocycles. The fourth-order valence-electron chi connectivity index (χ4n) is 1.45. The monoisotopic (exact) mass is 287 g/mol. The number of rotatable bonds is 3. The van der Waals surface area contributed by atoms with Gasteiger partial charge in [-0.05, 0) is 45.8 Å². The van der Waals surface area contributed by atoms with Gasteiger partial charge in [-0.15, -0.1) is 0 Å². The molecule has 0 radical (unpaired) electrons. The molecule has 0 aliphatic rings. The predicted octanol–water partition coefficient (Wildman–Crippen LogP) is 3.33. The average Bonchev–Trinajstić information content (AvgIpc) is 2.37. The van der Waals surface area contributed by atoms with Crippen molar-refractivity contribution < 1.29 is 0 Å². The fourth-order valence-corrected chi connectivity index (χ4v) is 1.79. The first-order valence-electron chi connectivity index (χ1n) is 5.13. The number of halogens is 1. The largest absolute Gasteiger partial charge is 0.366 e. The standard InChI is InChI=1S/C13H10BrN3/c14-12-5-2-6-13(17-12)16-9-11-4-1-3-10(7-11)8-15/h1-7H,9H2,(H,16,17). The van der Waals surface area contributed by atoms with Crippen LogP contribution >= 0.6 is 15.9 Å². The van der Waals surface area contributed by atoms with Crippen LogP contribution in [0.15, 0.2) is 47.1 Å². The van der Waals surface area contributed by atoms with Gasteiger partial charge in [-0.25, -0.2) is 4.98 Å². The quantitative estimate of drug-likeness (QED) is 0.881. The molecule has 4 heteroatoms. The van der Waals surface area contributed by atoms with E-state index in [1.54, 1.807) is 6.07 Å². The number of anilines is 1. The lowest BCUT2D eigenvalue weighted by atomic mass is 10.1. The van der Waals surface area contributed by atoms with Gasteiger partial charge in [-0.1, -0.05) is 18.2 Å². The average molecular weight is 288 g/mol. The van der Waals surface area contributed by atoms with Crippen LogP contribution in [0.2, 0.25) is 0 Å². The van der Waals surface area contributed by atoms with E-state index in [1.165, 1.54) is 0 Å². The van der Waals surface area contributed by atoms with Crippen LogP contribution in [-0.2, 0) is 6.54 Å². The molecule has 0 fully saturated rings. The van der Waals surface area contributed by atoms with Crippen LogP contribution in [0.1, 0.15) is 11.1 Å². The predicted molar refractivity (Wildman–Crippen MR) is 70.4 cm³/mol. The smallest absolute Gasteiger partial charge is 0.127 e. The van der Waals surface area contributed by atoms with Crippen molar-refractivity contribution in [1.29, 1.82) is 5.26 Å². The highest BCUT2D eigenvalue weighted by molar-refractivity contribution is 9.10. The molecule has 0 aliphatic heterocycles. The van der Waals surface area contributed by atoms with Crippen molar-refractivity contribution >= 4 is 21.7 Å². The lowest BCUT2D eigenvalue weighted by Gasteiger charge is -2.06. The first-order chi connectivity index (χ1) is 8.28. The van der Waals surface area contributed by atoms with Gasteiger partial charge in [0.05, 0.1) is 11.6 Å². The Labute approximate surface area is 108 Å². The van der Waals surface area contributed by atoms with E-state index in [-0.39, 0.29) is 0 Å². The summed E-state index contributed by atoms with van der Waals surface area (Å²) < 4.78 is 0.799. The molecule has 0 unspecified atom stereocenters. The summed E-state index contributed by atoms with van der Waals surface area (Å²) in [7, 11) is 0. The van der Waals surface area contributed by atoms with E-state index in [4.69, 9.17) is 5.26 Å². The Kier molecular flexibility index (Phi) is 3.73. The molecule has 0 amide bonds. The molecule has 0 bridgehead atoms. The van der Waals surface area contributed by atoms with E-state index in [2.05, 4.69) is 32.3 Å². The molecule has 1 heterocycles. The molecule has 3 nitrogen and oxygen atoms in total. The second-order valence-corrected chi connectivity index (χ2v) is 4.32. The molecule has 84 valence electrons. The molecule has 0 aliphatic carbocycles. The minimum absolute atomic E-state index is 0.652. The number of hydrogen-bond acceptors (Lipinski definition) is 3. The summed E-state index contributed by atoms with van der Waals surface area (Å²) in [6, 6.07) is 15.3. The minimum atomic E-state index is 0.652. The van der Waals surface area contributed by atoms with Gasteiger partial charge in [-0.2, -0.15) is 5.26 Å². The van der Waals surface area contributed by atoms with E-state index in [1.807, 2.05) is 36.4 Å². The third kappa shape index (κ3) is 3.30. The summed E-state index contributed by atoms with van der Waals surface area (Å²) in [5.41, 5.74) is 1.73. The Balaban J connectivity index is 2.05. The number of nitriles is 1. The first kappa shape index (κ1) is 11.6. The van der Waals surface area contributed by atoms with Crippen molar-refractivity contribution in [3.05, 3.63) is 58.2 Å². The van der Waals surface area contributed by atoms with Gasteiger partial charge in [0.25, 0.3) is 0 Å². The van der Waals surface area contributed by atoms with Gasteiger partial charge in [0.2, 0.25) is 0 Å². The topological polar surface area (TPSA) is 48.7 Å². The van der Waals surface area contributed by atoms with Crippen LogP contribution in [0.4, 0.5) is 5.82 Å². The molecule has 1 N–H and O–H groups in total. The maximum atomic E-state index is 8.79. The highest BCUT2D eigenvalue weighted by atomic mass is 79.9. The van der Waals surface area contributed by atoms with Gasteiger partial charge in [-0.3, -0.25) is 0 Å². The summed E-state index contributed by atoms with van der Waals surface area (Å²) in [6.07, 6.45) is 0. The molecule has 0 saturated heterocycles. The maximum absolute atomic E-state index is 8.79. The summed E-state index contributed by atoms with van der Waals surface area (Å²) in [4.78, 5) is 4.27. The Morgan fingerprint density at radius 2 is 2.06 bits per heavy atom. The van der Waals surface area contributed by atoms with Crippen molar-refractivity contribution in [2.45, 2.75) is 6.54 Å². The van der Waals surface area contributed by atoms with Gasteiger partial charge in [0.1, 0.15) is 10.4 Å². The van der Waals surface area contributed by atoms with Crippen LogP contribution in [0.5, 0.6) is 0 Å². The molecule has 2 aromatic rings. The summed E-state index contributed by atoms with van der Waals surface area (Å²) in [5, 5.41) is 12.0. The maximum Gasteiger partial charge on any atom is 0.127 e. The molecule has 2 rings (SSSR count). The van der Waals surface area contributed by atoms with E-state index < -0.39 is 0 Å². The number of benzene rings is 1. The highest BCUT2D eigenvalue weighted by Crippen LogP contribution is 2.12. The number of nitrogens with zero attached hydrogens (tertiary/aromatic N) is 2. The van der Waals surface area contributed by atoms with Crippen molar-refractivity contribution in [3.63, 3.8) is 0 Å². The number of hydrogen-bond donors (Lipinski definition) is 1. The molecule has 0 spiro atoms. The third-order valence-electron chi connectivity index (χ3n) is 2.24. The normalized spacial score (nSPS) is 9.65. The molecular weight excluding hydrogens is 278 g/mol. The molecular formula is C13H10BrN3. The lowest BCUT2D eigenvalue weighted by Crippen LogP contribution is -2.01. The Morgan fingerprint density at radius 1 is 1.24 bits per heavy atom. The highest BCUT2D eigenvalue weighted by Gasteiger charge is 1.97. The summed E-state index contributed by atoms with van der Waals surface area (Å²) in [6.45, 7) is 0.652. The van der Waals surface area contributed by atoms with Gasteiger partial charge in [0, 0.05) is 6.54 Å². The van der Waals surface area contributed by atoms with Crippen LogP contribution in [0, 0.1) is 11.3 Å². The SMILES string of the molecule is N#Cc1cccc(CNc2cccc(Br)n2)c1. The zero-order chi connectivity index (χ0) is 12.1. The molecule has 0 atom stereocenters. The van der Waals surface area contributed by atoms with Crippen molar-refractivity contribution in [2.24, 2.45) is 0 Å². The van der Waals surface area contributed by atoms with E-state index in [0.717, 1.165) is 16.0 Å². The molecule has 17 heavy (non-hydrogen) atoms. The van der Waals surface area contributed by atoms with Gasteiger partial charge >= 0.3 is 0 Å². The zero-order valence-electron chi connectivity index (χ0n) is 9.02. The van der Waals surface area contributed by atoms with Crippen molar-refractivity contribution in [1.82, 2.24) is 4.98 Å². The Morgan fingerprint density at radius 3 is 2.82 bits per heavy atom. The fraction of sp³-hybridized carbons (Fsp3) is 0.0769. The lowest BCUT2D eigenvalue weighted by molar-refractivity contribution is 1.10. The van der Waals surface area contributed by atoms with E-state index in [0.29, 0.717) is 12.1 Å². The second-order valence-electron chi connectivity index (χ2n) is 3.51. The van der Waals surface area contributed by atoms with E-state index >= 15 is 0 Å². The Bertz CT molecular complexity index is 561. The summed E-state index contributed by atoms with van der Waals surface area (Å²) >= 11 is 3.32.